The Labute approximate surface area is 170 Å². The van der Waals surface area contributed by atoms with Crippen molar-refractivity contribution >= 4 is 22.8 Å². The third kappa shape index (κ3) is 3.79. The van der Waals surface area contributed by atoms with E-state index in [1.54, 1.807) is 12.3 Å². The van der Waals surface area contributed by atoms with Gasteiger partial charge in [-0.15, -0.1) is 0 Å². The highest BCUT2D eigenvalue weighted by atomic mass is 19.1. The second-order valence-corrected chi connectivity index (χ2v) is 7.85. The Morgan fingerprint density at radius 1 is 1.14 bits per heavy atom. The topological polar surface area (TPSA) is 49.3 Å². The van der Waals surface area contributed by atoms with Crippen molar-refractivity contribution in [2.24, 2.45) is 5.92 Å². The molecule has 0 N–H and O–H groups in total. The van der Waals surface area contributed by atoms with Crippen molar-refractivity contribution in [3.63, 3.8) is 0 Å². The number of rotatable bonds is 2. The lowest BCUT2D eigenvalue weighted by atomic mass is 10.0. The molecule has 1 saturated heterocycles. The van der Waals surface area contributed by atoms with Crippen LogP contribution in [0, 0.1) is 18.7 Å². The van der Waals surface area contributed by atoms with Gasteiger partial charge in [0.05, 0.1) is 5.52 Å². The van der Waals surface area contributed by atoms with Gasteiger partial charge in [-0.25, -0.2) is 14.4 Å². The Kier molecular flexibility index (Phi) is 5.18. The molecule has 1 aliphatic heterocycles. The smallest absolute Gasteiger partial charge is 0.254 e. The number of aryl methyl sites for hydroxylation is 1. The molecule has 2 unspecified atom stereocenters. The molecule has 5 nitrogen and oxygen atoms in total. The molecule has 0 bridgehead atoms. The minimum atomic E-state index is -0.295. The van der Waals surface area contributed by atoms with Gasteiger partial charge in [0, 0.05) is 42.8 Å². The van der Waals surface area contributed by atoms with Crippen molar-refractivity contribution in [3.8, 4) is 0 Å². The van der Waals surface area contributed by atoms with Crippen LogP contribution in [0.3, 0.4) is 0 Å². The fourth-order valence-electron chi connectivity index (χ4n) is 3.91. The molecule has 29 heavy (non-hydrogen) atoms. The second kappa shape index (κ2) is 7.78. The molecule has 4 rings (SSSR count). The summed E-state index contributed by atoms with van der Waals surface area (Å²) in [5.41, 5.74) is 2.46. The first kappa shape index (κ1) is 19.3. The maximum absolute atomic E-state index is 13.4. The van der Waals surface area contributed by atoms with Crippen molar-refractivity contribution in [2.45, 2.75) is 26.8 Å². The van der Waals surface area contributed by atoms with Crippen LogP contribution in [0.2, 0.25) is 0 Å². The zero-order valence-corrected chi connectivity index (χ0v) is 17.0. The lowest BCUT2D eigenvalue weighted by Crippen LogP contribution is -2.42. The van der Waals surface area contributed by atoms with Gasteiger partial charge in [-0.1, -0.05) is 25.1 Å². The van der Waals surface area contributed by atoms with E-state index in [0.717, 1.165) is 17.7 Å². The third-order valence-electron chi connectivity index (χ3n) is 5.88. The van der Waals surface area contributed by atoms with Crippen LogP contribution in [0.15, 0.2) is 48.7 Å². The van der Waals surface area contributed by atoms with Gasteiger partial charge in [0.1, 0.15) is 5.82 Å². The first-order chi connectivity index (χ1) is 13.9. The molecule has 6 heteroatoms. The average molecular weight is 392 g/mol. The van der Waals surface area contributed by atoms with Crippen LogP contribution in [0.1, 0.15) is 29.8 Å². The number of hydrogen-bond donors (Lipinski definition) is 0. The number of carbonyl (C=O) groups excluding carboxylic acids is 1. The van der Waals surface area contributed by atoms with Crippen LogP contribution in [0.25, 0.3) is 10.9 Å². The number of amides is 1. The summed E-state index contributed by atoms with van der Waals surface area (Å²) >= 11 is 0. The molecule has 150 valence electrons. The summed E-state index contributed by atoms with van der Waals surface area (Å²) in [7, 11) is 0. The second-order valence-electron chi connectivity index (χ2n) is 7.85. The summed E-state index contributed by atoms with van der Waals surface area (Å²) in [6.07, 6.45) is 1.66. The Hall–Kier alpha value is -3.02. The molecular weight excluding hydrogens is 367 g/mol. The van der Waals surface area contributed by atoms with Crippen LogP contribution in [-0.2, 0) is 0 Å². The number of benzene rings is 2. The molecule has 1 aromatic heterocycles. The first-order valence-corrected chi connectivity index (χ1v) is 9.98. The summed E-state index contributed by atoms with van der Waals surface area (Å²) in [6.45, 7) is 8.23. The highest BCUT2D eigenvalue weighted by Gasteiger charge is 2.31. The number of carbonyl (C=O) groups is 1. The Morgan fingerprint density at radius 2 is 1.93 bits per heavy atom. The minimum Gasteiger partial charge on any atom is -0.339 e. The van der Waals surface area contributed by atoms with Crippen molar-refractivity contribution < 1.29 is 9.18 Å². The standard InChI is InChI=1S/C23H25FN4O/c1-15-6-4-5-7-20(15)22(29)28-11-10-27(14-16(2)17(28)3)23-25-13-18-12-19(24)8-9-21(18)26-23/h4-9,12-13,16-17H,10-11,14H2,1-3H3. The van der Waals surface area contributed by atoms with Gasteiger partial charge < -0.3 is 9.80 Å². The van der Waals surface area contributed by atoms with E-state index >= 15 is 0 Å². The summed E-state index contributed by atoms with van der Waals surface area (Å²) in [5.74, 6) is 0.641. The van der Waals surface area contributed by atoms with Crippen molar-refractivity contribution in [1.29, 1.82) is 0 Å². The molecule has 0 spiro atoms. The van der Waals surface area contributed by atoms with Crippen LogP contribution < -0.4 is 4.90 Å². The normalized spacial score (nSPS) is 20.0. The highest BCUT2D eigenvalue weighted by Crippen LogP contribution is 2.24. The van der Waals surface area contributed by atoms with Crippen molar-refractivity contribution in [2.75, 3.05) is 24.5 Å². The molecule has 1 aliphatic rings. The lowest BCUT2D eigenvalue weighted by Gasteiger charge is -2.30. The van der Waals surface area contributed by atoms with Gasteiger partial charge in [-0.05, 0) is 49.6 Å². The Morgan fingerprint density at radius 3 is 2.72 bits per heavy atom. The van der Waals surface area contributed by atoms with Gasteiger partial charge in [0.15, 0.2) is 0 Å². The molecule has 0 aliphatic carbocycles. The van der Waals surface area contributed by atoms with E-state index in [1.807, 2.05) is 36.1 Å². The molecule has 1 amide bonds. The zero-order valence-electron chi connectivity index (χ0n) is 17.0. The molecule has 2 heterocycles. The van der Waals surface area contributed by atoms with Gasteiger partial charge >= 0.3 is 0 Å². The summed E-state index contributed by atoms with van der Waals surface area (Å²) in [4.78, 5) is 26.4. The lowest BCUT2D eigenvalue weighted by molar-refractivity contribution is 0.0669. The average Bonchev–Trinajstić information content (AvgIpc) is 2.86. The van der Waals surface area contributed by atoms with Crippen LogP contribution in [-0.4, -0.2) is 46.5 Å². The zero-order chi connectivity index (χ0) is 20.5. The van der Waals surface area contributed by atoms with E-state index in [-0.39, 0.29) is 23.7 Å². The number of halogens is 1. The third-order valence-corrected chi connectivity index (χ3v) is 5.88. The van der Waals surface area contributed by atoms with E-state index in [1.165, 1.54) is 12.1 Å². The maximum atomic E-state index is 13.4. The van der Waals surface area contributed by atoms with E-state index < -0.39 is 0 Å². The number of anilines is 1. The van der Waals surface area contributed by atoms with Gasteiger partial charge in [0.2, 0.25) is 5.95 Å². The number of hydrogen-bond acceptors (Lipinski definition) is 4. The number of aromatic nitrogens is 2. The fraction of sp³-hybridized carbons (Fsp3) is 0.348. The quantitative estimate of drug-likeness (QED) is 0.660. The van der Waals surface area contributed by atoms with Crippen molar-refractivity contribution in [1.82, 2.24) is 14.9 Å². The van der Waals surface area contributed by atoms with Gasteiger partial charge in [-0.3, -0.25) is 4.79 Å². The summed E-state index contributed by atoms with van der Waals surface area (Å²) in [5, 5.41) is 0.682. The molecule has 0 radical (unpaired) electrons. The van der Waals surface area contributed by atoms with E-state index in [9.17, 15) is 9.18 Å². The molecule has 2 atom stereocenters. The minimum absolute atomic E-state index is 0.0687. The monoisotopic (exact) mass is 392 g/mol. The summed E-state index contributed by atoms with van der Waals surface area (Å²) < 4.78 is 13.4. The molecule has 1 fully saturated rings. The molecule has 2 aromatic carbocycles. The largest absolute Gasteiger partial charge is 0.339 e. The Bertz CT molecular complexity index is 1050. The van der Waals surface area contributed by atoms with Gasteiger partial charge in [0.25, 0.3) is 5.91 Å². The fourth-order valence-corrected chi connectivity index (χ4v) is 3.91. The number of nitrogens with zero attached hydrogens (tertiary/aromatic N) is 4. The SMILES string of the molecule is Cc1ccccc1C(=O)N1CCN(c2ncc3cc(F)ccc3n2)CC(C)C1C. The molecule has 0 saturated carbocycles. The van der Waals surface area contributed by atoms with Crippen LogP contribution in [0.5, 0.6) is 0 Å². The van der Waals surface area contributed by atoms with Crippen molar-refractivity contribution in [3.05, 3.63) is 65.6 Å². The first-order valence-electron chi connectivity index (χ1n) is 9.98. The number of fused-ring (bicyclic) bond motifs is 1. The molecule has 3 aromatic rings. The molecular formula is C23H25FN4O. The van der Waals surface area contributed by atoms with E-state index in [4.69, 9.17) is 0 Å². The maximum Gasteiger partial charge on any atom is 0.254 e. The predicted molar refractivity (Wildman–Crippen MR) is 113 cm³/mol. The highest BCUT2D eigenvalue weighted by molar-refractivity contribution is 5.96. The van der Waals surface area contributed by atoms with E-state index in [2.05, 4.69) is 28.7 Å². The van der Waals surface area contributed by atoms with Crippen LogP contribution in [0.4, 0.5) is 10.3 Å². The Balaban J connectivity index is 1.59. The predicted octanol–water partition coefficient (Wildman–Crippen LogP) is 4.06. The summed E-state index contributed by atoms with van der Waals surface area (Å²) in [6, 6.07) is 12.3. The van der Waals surface area contributed by atoms with E-state index in [0.29, 0.717) is 29.9 Å². The van der Waals surface area contributed by atoms with Gasteiger partial charge in [-0.2, -0.15) is 0 Å². The van der Waals surface area contributed by atoms with Crippen LogP contribution >= 0.6 is 0 Å².